The van der Waals surface area contributed by atoms with Gasteiger partial charge in [0.1, 0.15) is 5.03 Å². The zero-order chi connectivity index (χ0) is 22.5. The minimum Gasteiger partial charge on any atom is -0.368 e. The van der Waals surface area contributed by atoms with Gasteiger partial charge in [-0.2, -0.15) is 0 Å². The Morgan fingerprint density at radius 2 is 1.69 bits per heavy atom. The van der Waals surface area contributed by atoms with Crippen LogP contribution < -0.4 is 15.1 Å². The standard InChI is InChI=1S/C25H29N5OS/c1-18-6-4-8-21(16-18)28-23(31)17-32-25-24(26-10-11-27-25)30-14-12-29(13-15-30)22-9-5-7-19(2)20(22)3/h4-11,16H,12-15,17H2,1-3H3,(H,28,31). The highest BCUT2D eigenvalue weighted by Gasteiger charge is 2.22. The lowest BCUT2D eigenvalue weighted by Crippen LogP contribution is -2.47. The second-order valence-electron chi connectivity index (χ2n) is 8.08. The van der Waals surface area contributed by atoms with Crippen molar-refractivity contribution in [2.24, 2.45) is 0 Å². The Labute approximate surface area is 194 Å². The Bertz CT molecular complexity index is 1100. The molecule has 1 N–H and O–H groups in total. The van der Waals surface area contributed by atoms with E-state index >= 15 is 0 Å². The lowest BCUT2D eigenvalue weighted by Gasteiger charge is -2.37. The minimum atomic E-state index is -0.0445. The molecule has 166 valence electrons. The van der Waals surface area contributed by atoms with Crippen LogP contribution in [0.15, 0.2) is 59.9 Å². The highest BCUT2D eigenvalue weighted by atomic mass is 32.2. The van der Waals surface area contributed by atoms with Crippen LogP contribution in [0.25, 0.3) is 0 Å². The molecule has 2 heterocycles. The third kappa shape index (κ3) is 5.22. The summed E-state index contributed by atoms with van der Waals surface area (Å²) in [5, 5.41) is 3.76. The first-order valence-electron chi connectivity index (χ1n) is 10.9. The van der Waals surface area contributed by atoms with E-state index in [1.165, 1.54) is 28.6 Å². The summed E-state index contributed by atoms with van der Waals surface area (Å²) < 4.78 is 0. The SMILES string of the molecule is Cc1cccc(NC(=O)CSc2nccnc2N2CCN(c3cccc(C)c3C)CC2)c1. The first kappa shape index (κ1) is 22.1. The molecular weight excluding hydrogens is 418 g/mol. The molecule has 32 heavy (non-hydrogen) atoms. The van der Waals surface area contributed by atoms with Crippen LogP contribution in [-0.2, 0) is 4.79 Å². The molecule has 1 aromatic heterocycles. The van der Waals surface area contributed by atoms with Crippen molar-refractivity contribution in [3.63, 3.8) is 0 Å². The van der Waals surface area contributed by atoms with E-state index in [1.807, 2.05) is 31.2 Å². The van der Waals surface area contributed by atoms with Crippen LogP contribution in [0.4, 0.5) is 17.2 Å². The number of nitrogens with zero attached hydrogens (tertiary/aromatic N) is 4. The van der Waals surface area contributed by atoms with Crippen molar-refractivity contribution in [3.05, 3.63) is 71.5 Å². The van der Waals surface area contributed by atoms with Crippen molar-refractivity contribution >= 4 is 34.9 Å². The Morgan fingerprint density at radius 3 is 2.47 bits per heavy atom. The number of amides is 1. The first-order valence-corrected chi connectivity index (χ1v) is 11.9. The molecule has 3 aromatic rings. The topological polar surface area (TPSA) is 61.4 Å². The lowest BCUT2D eigenvalue weighted by atomic mass is 10.1. The van der Waals surface area contributed by atoms with Crippen molar-refractivity contribution in [3.8, 4) is 0 Å². The molecule has 0 aliphatic carbocycles. The van der Waals surface area contributed by atoms with Gasteiger partial charge in [-0.25, -0.2) is 9.97 Å². The number of hydrogen-bond acceptors (Lipinski definition) is 6. The van der Waals surface area contributed by atoms with Crippen molar-refractivity contribution in [1.82, 2.24) is 9.97 Å². The van der Waals surface area contributed by atoms with E-state index in [4.69, 9.17) is 0 Å². The van der Waals surface area contributed by atoms with Crippen LogP contribution in [0.5, 0.6) is 0 Å². The molecule has 1 aliphatic rings. The Balaban J connectivity index is 1.37. The summed E-state index contributed by atoms with van der Waals surface area (Å²) in [6, 6.07) is 14.3. The average molecular weight is 448 g/mol. The number of rotatable bonds is 6. The van der Waals surface area contributed by atoms with Gasteiger partial charge in [-0.05, 0) is 55.7 Å². The Morgan fingerprint density at radius 1 is 0.969 bits per heavy atom. The maximum Gasteiger partial charge on any atom is 0.234 e. The molecule has 0 unspecified atom stereocenters. The van der Waals surface area contributed by atoms with Crippen LogP contribution in [0.1, 0.15) is 16.7 Å². The Hall–Kier alpha value is -3.06. The molecular formula is C25H29N5OS. The lowest BCUT2D eigenvalue weighted by molar-refractivity contribution is -0.113. The molecule has 1 fully saturated rings. The van der Waals surface area contributed by atoms with Crippen molar-refractivity contribution in [1.29, 1.82) is 0 Å². The predicted molar refractivity (Wildman–Crippen MR) is 133 cm³/mol. The molecule has 1 saturated heterocycles. The summed E-state index contributed by atoms with van der Waals surface area (Å²) in [5.74, 6) is 1.11. The molecule has 1 aliphatic heterocycles. The fourth-order valence-electron chi connectivity index (χ4n) is 3.93. The van der Waals surface area contributed by atoms with Gasteiger partial charge in [0, 0.05) is 49.9 Å². The monoisotopic (exact) mass is 447 g/mol. The van der Waals surface area contributed by atoms with Gasteiger partial charge in [0.05, 0.1) is 5.75 Å². The number of benzene rings is 2. The second kappa shape index (κ2) is 10.0. The van der Waals surface area contributed by atoms with E-state index in [2.05, 4.69) is 57.1 Å². The van der Waals surface area contributed by atoms with E-state index in [0.29, 0.717) is 5.75 Å². The zero-order valence-electron chi connectivity index (χ0n) is 18.8. The second-order valence-corrected chi connectivity index (χ2v) is 9.05. The number of aryl methyl sites for hydroxylation is 2. The number of aromatic nitrogens is 2. The number of piperazine rings is 1. The van der Waals surface area contributed by atoms with Gasteiger partial charge >= 0.3 is 0 Å². The van der Waals surface area contributed by atoms with Crippen LogP contribution in [0, 0.1) is 20.8 Å². The number of carbonyl (C=O) groups is 1. The molecule has 1 amide bonds. The third-order valence-corrected chi connectivity index (χ3v) is 6.75. The van der Waals surface area contributed by atoms with Gasteiger partial charge in [-0.15, -0.1) is 0 Å². The number of carbonyl (C=O) groups excluding carboxylic acids is 1. The normalized spacial score (nSPS) is 13.8. The largest absolute Gasteiger partial charge is 0.368 e. The summed E-state index contributed by atoms with van der Waals surface area (Å²) in [7, 11) is 0. The van der Waals surface area contributed by atoms with E-state index in [1.54, 1.807) is 12.4 Å². The highest BCUT2D eigenvalue weighted by Crippen LogP contribution is 2.29. The average Bonchev–Trinajstić information content (AvgIpc) is 2.80. The molecule has 2 aromatic carbocycles. The molecule has 0 spiro atoms. The first-order chi connectivity index (χ1) is 15.5. The van der Waals surface area contributed by atoms with Crippen LogP contribution >= 0.6 is 11.8 Å². The van der Waals surface area contributed by atoms with Crippen LogP contribution in [0.2, 0.25) is 0 Å². The quantitative estimate of drug-likeness (QED) is 0.563. The smallest absolute Gasteiger partial charge is 0.234 e. The molecule has 0 radical (unpaired) electrons. The molecule has 0 bridgehead atoms. The zero-order valence-corrected chi connectivity index (χ0v) is 19.7. The highest BCUT2D eigenvalue weighted by molar-refractivity contribution is 8.00. The van der Waals surface area contributed by atoms with E-state index in [0.717, 1.165) is 48.3 Å². The summed E-state index contributed by atoms with van der Waals surface area (Å²) in [6.07, 6.45) is 3.42. The number of hydrogen-bond donors (Lipinski definition) is 1. The molecule has 7 heteroatoms. The molecule has 4 rings (SSSR count). The van der Waals surface area contributed by atoms with Crippen molar-refractivity contribution in [2.45, 2.75) is 25.8 Å². The van der Waals surface area contributed by atoms with E-state index in [-0.39, 0.29) is 5.91 Å². The summed E-state index contributed by atoms with van der Waals surface area (Å²) in [6.45, 7) is 9.96. The number of thioether (sulfide) groups is 1. The maximum atomic E-state index is 12.4. The van der Waals surface area contributed by atoms with E-state index < -0.39 is 0 Å². The van der Waals surface area contributed by atoms with Crippen LogP contribution in [-0.4, -0.2) is 47.8 Å². The molecule has 0 atom stereocenters. The van der Waals surface area contributed by atoms with Gasteiger partial charge in [-0.3, -0.25) is 4.79 Å². The summed E-state index contributed by atoms with van der Waals surface area (Å²) >= 11 is 1.43. The fraction of sp³-hybridized carbons (Fsp3) is 0.320. The predicted octanol–water partition coefficient (Wildman–Crippen LogP) is 4.46. The number of nitrogens with one attached hydrogen (secondary N) is 1. The third-order valence-electron chi connectivity index (χ3n) is 5.78. The van der Waals surface area contributed by atoms with Crippen molar-refractivity contribution < 1.29 is 4.79 Å². The van der Waals surface area contributed by atoms with Gasteiger partial charge in [-0.1, -0.05) is 36.0 Å². The van der Waals surface area contributed by atoms with Gasteiger partial charge in [0.2, 0.25) is 5.91 Å². The number of anilines is 3. The summed E-state index contributed by atoms with van der Waals surface area (Å²) in [4.78, 5) is 26.3. The van der Waals surface area contributed by atoms with Gasteiger partial charge in [0.25, 0.3) is 0 Å². The van der Waals surface area contributed by atoms with Crippen molar-refractivity contribution in [2.75, 3.05) is 47.0 Å². The fourth-order valence-corrected chi connectivity index (χ4v) is 4.71. The van der Waals surface area contributed by atoms with Gasteiger partial charge in [0.15, 0.2) is 5.82 Å². The minimum absolute atomic E-state index is 0.0445. The Kier molecular flexibility index (Phi) is 6.95. The maximum absolute atomic E-state index is 12.4. The summed E-state index contributed by atoms with van der Waals surface area (Å²) in [5.41, 5.74) is 5.91. The van der Waals surface area contributed by atoms with Crippen LogP contribution in [0.3, 0.4) is 0 Å². The molecule has 0 saturated carbocycles. The van der Waals surface area contributed by atoms with Gasteiger partial charge < -0.3 is 15.1 Å². The van der Waals surface area contributed by atoms with E-state index in [9.17, 15) is 4.79 Å². The molecule has 6 nitrogen and oxygen atoms in total.